The van der Waals surface area contributed by atoms with Crippen LogP contribution in [0.2, 0.25) is 0 Å². The van der Waals surface area contributed by atoms with Crippen LogP contribution in [0.5, 0.6) is 0 Å². The summed E-state index contributed by atoms with van der Waals surface area (Å²) in [4.78, 5) is 23.3. The normalized spacial score (nSPS) is 9.95. The van der Waals surface area contributed by atoms with Gasteiger partial charge < -0.3 is 0 Å². The predicted molar refractivity (Wildman–Crippen MR) is 76.5 cm³/mol. The summed E-state index contributed by atoms with van der Waals surface area (Å²) in [5.41, 5.74) is 5.71. The number of halogens is 1. The number of benzene rings is 2. The van der Waals surface area contributed by atoms with Gasteiger partial charge in [0.25, 0.3) is 0 Å². The molecule has 0 saturated heterocycles. The smallest absolute Gasteiger partial charge is 0.242 e. The van der Waals surface area contributed by atoms with Crippen LogP contribution in [-0.2, 0) is 22.4 Å². The molecule has 0 saturated carbocycles. The van der Waals surface area contributed by atoms with Crippen LogP contribution in [0, 0.1) is 5.82 Å². The summed E-state index contributed by atoms with van der Waals surface area (Å²) < 4.78 is 13.4. The van der Waals surface area contributed by atoms with Gasteiger partial charge in [-0.15, -0.1) is 0 Å². The topological polar surface area (TPSA) is 58.2 Å². The van der Waals surface area contributed by atoms with Crippen molar-refractivity contribution in [3.05, 3.63) is 71.5 Å². The lowest BCUT2D eigenvalue weighted by Gasteiger charge is -2.08. The minimum Gasteiger partial charge on any atom is -0.273 e. The van der Waals surface area contributed by atoms with Crippen LogP contribution in [0.1, 0.15) is 11.1 Å². The van der Waals surface area contributed by atoms with Crippen molar-refractivity contribution in [2.75, 3.05) is 0 Å². The lowest BCUT2D eigenvalue weighted by Crippen LogP contribution is -2.43. The van der Waals surface area contributed by atoms with Crippen LogP contribution < -0.4 is 10.9 Å². The van der Waals surface area contributed by atoms with Crippen LogP contribution >= 0.6 is 0 Å². The molecule has 4 nitrogen and oxygen atoms in total. The minimum absolute atomic E-state index is 0.127. The number of hydrogen-bond acceptors (Lipinski definition) is 2. The Kier molecular flexibility index (Phi) is 5.04. The van der Waals surface area contributed by atoms with E-state index < -0.39 is 11.7 Å². The van der Waals surface area contributed by atoms with Gasteiger partial charge in [0.15, 0.2) is 0 Å². The van der Waals surface area contributed by atoms with Crippen LogP contribution in [-0.4, -0.2) is 11.8 Å². The van der Waals surface area contributed by atoms with Crippen molar-refractivity contribution in [2.24, 2.45) is 0 Å². The fourth-order valence-electron chi connectivity index (χ4n) is 1.82. The third-order valence-corrected chi connectivity index (χ3v) is 2.86. The van der Waals surface area contributed by atoms with Crippen molar-refractivity contribution < 1.29 is 14.0 Å². The zero-order valence-corrected chi connectivity index (χ0v) is 11.3. The van der Waals surface area contributed by atoms with Crippen LogP contribution in [0.25, 0.3) is 0 Å². The summed E-state index contributed by atoms with van der Waals surface area (Å²) in [7, 11) is 0. The average Bonchev–Trinajstić information content (AvgIpc) is 2.49. The SMILES string of the molecule is O=C(Cc1ccccc1)NNC(=O)Cc1ccccc1F. The molecule has 2 aromatic carbocycles. The van der Waals surface area contributed by atoms with Crippen molar-refractivity contribution in [2.45, 2.75) is 12.8 Å². The molecule has 0 heterocycles. The number of rotatable bonds is 4. The molecule has 0 radical (unpaired) electrons. The van der Waals surface area contributed by atoms with Gasteiger partial charge in [-0.1, -0.05) is 48.5 Å². The highest BCUT2D eigenvalue weighted by Crippen LogP contribution is 2.06. The van der Waals surface area contributed by atoms with E-state index in [1.807, 2.05) is 30.3 Å². The summed E-state index contributed by atoms with van der Waals surface area (Å²) in [6, 6.07) is 15.2. The zero-order chi connectivity index (χ0) is 15.1. The van der Waals surface area contributed by atoms with Gasteiger partial charge in [0.2, 0.25) is 11.8 Å². The second-order valence-corrected chi connectivity index (χ2v) is 4.53. The van der Waals surface area contributed by atoms with Gasteiger partial charge in [0, 0.05) is 0 Å². The molecule has 0 unspecified atom stereocenters. The van der Waals surface area contributed by atoms with Gasteiger partial charge in [0.1, 0.15) is 5.82 Å². The van der Waals surface area contributed by atoms with E-state index in [4.69, 9.17) is 0 Å². The third kappa shape index (κ3) is 4.72. The van der Waals surface area contributed by atoms with Gasteiger partial charge in [-0.2, -0.15) is 0 Å². The number of hydrazine groups is 1. The minimum atomic E-state index is -0.471. The molecule has 5 heteroatoms. The Morgan fingerprint density at radius 3 is 2.05 bits per heavy atom. The van der Waals surface area contributed by atoms with E-state index in [0.717, 1.165) is 5.56 Å². The number of carbonyl (C=O) groups excluding carboxylic acids is 2. The number of carbonyl (C=O) groups is 2. The van der Waals surface area contributed by atoms with Crippen LogP contribution in [0.4, 0.5) is 4.39 Å². The van der Waals surface area contributed by atoms with Gasteiger partial charge in [-0.25, -0.2) is 4.39 Å². The maximum Gasteiger partial charge on any atom is 0.242 e. The van der Waals surface area contributed by atoms with Crippen molar-refractivity contribution in [3.63, 3.8) is 0 Å². The molecule has 2 aromatic rings. The zero-order valence-electron chi connectivity index (χ0n) is 11.3. The molecule has 0 bridgehead atoms. The van der Waals surface area contributed by atoms with Crippen LogP contribution in [0.3, 0.4) is 0 Å². The van der Waals surface area contributed by atoms with E-state index in [9.17, 15) is 14.0 Å². The number of nitrogens with one attached hydrogen (secondary N) is 2. The molecule has 0 atom stereocenters. The van der Waals surface area contributed by atoms with E-state index in [-0.39, 0.29) is 24.3 Å². The van der Waals surface area contributed by atoms with Gasteiger partial charge in [-0.05, 0) is 17.2 Å². The maximum absolute atomic E-state index is 13.4. The Morgan fingerprint density at radius 1 is 0.810 bits per heavy atom. The van der Waals surface area contributed by atoms with Gasteiger partial charge in [0.05, 0.1) is 12.8 Å². The summed E-state index contributed by atoms with van der Waals surface area (Å²) in [6.45, 7) is 0. The highest BCUT2D eigenvalue weighted by molar-refractivity contribution is 5.84. The third-order valence-electron chi connectivity index (χ3n) is 2.86. The average molecular weight is 286 g/mol. The van der Waals surface area contributed by atoms with E-state index in [0.29, 0.717) is 0 Å². The van der Waals surface area contributed by atoms with E-state index >= 15 is 0 Å². The Hall–Kier alpha value is -2.69. The molecule has 0 aliphatic rings. The first-order valence-corrected chi connectivity index (χ1v) is 6.50. The highest BCUT2D eigenvalue weighted by atomic mass is 19.1. The van der Waals surface area contributed by atoms with Crippen LogP contribution in [0.15, 0.2) is 54.6 Å². The number of amides is 2. The molecule has 2 N–H and O–H groups in total. The fourth-order valence-corrected chi connectivity index (χ4v) is 1.82. The molecule has 2 rings (SSSR count). The van der Waals surface area contributed by atoms with Crippen molar-refractivity contribution in [1.29, 1.82) is 0 Å². The first-order valence-electron chi connectivity index (χ1n) is 6.50. The van der Waals surface area contributed by atoms with Crippen molar-refractivity contribution >= 4 is 11.8 Å². The summed E-state index contributed by atoms with van der Waals surface area (Å²) in [6.07, 6.45) is 0.0408. The van der Waals surface area contributed by atoms with E-state index in [1.165, 1.54) is 12.1 Å². The second-order valence-electron chi connectivity index (χ2n) is 4.53. The molecular formula is C16H15FN2O2. The fraction of sp³-hybridized carbons (Fsp3) is 0.125. The summed E-state index contributed by atoms with van der Waals surface area (Å²) in [5.74, 6) is -1.24. The summed E-state index contributed by atoms with van der Waals surface area (Å²) in [5, 5.41) is 0. The molecule has 0 spiro atoms. The number of hydrogen-bond donors (Lipinski definition) is 2. The largest absolute Gasteiger partial charge is 0.273 e. The van der Waals surface area contributed by atoms with Crippen molar-refractivity contribution in [3.8, 4) is 0 Å². The monoisotopic (exact) mass is 286 g/mol. The first kappa shape index (κ1) is 14.7. The highest BCUT2D eigenvalue weighted by Gasteiger charge is 2.09. The van der Waals surface area contributed by atoms with Gasteiger partial charge >= 0.3 is 0 Å². The Balaban J connectivity index is 1.79. The predicted octanol–water partition coefficient (Wildman–Crippen LogP) is 1.76. The molecule has 0 aromatic heterocycles. The lowest BCUT2D eigenvalue weighted by molar-refractivity contribution is -0.128. The quantitative estimate of drug-likeness (QED) is 0.841. The molecule has 2 amide bonds. The molecule has 0 fully saturated rings. The molecule has 108 valence electrons. The lowest BCUT2D eigenvalue weighted by atomic mass is 10.1. The molecule has 0 aliphatic carbocycles. The first-order chi connectivity index (χ1) is 10.1. The Morgan fingerprint density at radius 2 is 1.38 bits per heavy atom. The van der Waals surface area contributed by atoms with E-state index in [1.54, 1.807) is 12.1 Å². The Labute approximate surface area is 122 Å². The maximum atomic E-state index is 13.4. The Bertz CT molecular complexity index is 629. The molecule has 21 heavy (non-hydrogen) atoms. The second kappa shape index (κ2) is 7.19. The molecular weight excluding hydrogens is 271 g/mol. The standard InChI is InChI=1S/C16H15FN2O2/c17-14-9-5-4-8-13(14)11-16(21)19-18-15(20)10-12-6-2-1-3-7-12/h1-9H,10-11H2,(H,18,20)(H,19,21). The summed E-state index contributed by atoms with van der Waals surface area (Å²) >= 11 is 0. The van der Waals surface area contributed by atoms with E-state index in [2.05, 4.69) is 10.9 Å². The van der Waals surface area contributed by atoms with Gasteiger partial charge in [-0.3, -0.25) is 20.4 Å². The van der Waals surface area contributed by atoms with Crippen molar-refractivity contribution in [1.82, 2.24) is 10.9 Å². The molecule has 0 aliphatic heterocycles.